The number of nitrogens with zero attached hydrogens (tertiary/aromatic N) is 2. The number of aliphatic imine (C=N–C) groups is 1. The third kappa shape index (κ3) is 3.06. The smallest absolute Gasteiger partial charge is 0.128 e. The number of rotatable bonds is 3. The van der Waals surface area contributed by atoms with E-state index in [1.165, 1.54) is 5.56 Å². The van der Waals surface area contributed by atoms with Crippen LogP contribution in [-0.2, 0) is 23.0 Å². The second kappa shape index (κ2) is 6.24. The Hall–Kier alpha value is -2.01. The van der Waals surface area contributed by atoms with Gasteiger partial charge in [0.1, 0.15) is 10.8 Å². The Balaban J connectivity index is 1.82. The topological polar surface area (TPSA) is 51.5 Å². The van der Waals surface area contributed by atoms with E-state index in [1.54, 1.807) is 13.3 Å². The molecule has 0 fully saturated rings. The molecule has 0 saturated carbocycles. The molecule has 1 unspecified atom stereocenters. The minimum atomic E-state index is -1.17. The van der Waals surface area contributed by atoms with E-state index < -0.39 is 10.8 Å². The summed E-state index contributed by atoms with van der Waals surface area (Å²) in [5, 5.41) is 0.728. The van der Waals surface area contributed by atoms with Gasteiger partial charge < -0.3 is 4.74 Å². The number of ether oxygens (including phenoxy) is 1. The summed E-state index contributed by atoms with van der Waals surface area (Å²) in [5.74, 6) is 1.19. The first-order valence-corrected chi connectivity index (χ1v) is 8.86. The van der Waals surface area contributed by atoms with E-state index in [9.17, 15) is 4.21 Å². The first-order chi connectivity index (χ1) is 11.0. The van der Waals surface area contributed by atoms with Gasteiger partial charge in [-0.3, -0.25) is 9.19 Å². The van der Waals surface area contributed by atoms with Crippen LogP contribution in [0, 0.1) is 20.8 Å². The van der Waals surface area contributed by atoms with E-state index >= 15 is 0 Å². The summed E-state index contributed by atoms with van der Waals surface area (Å²) < 4.78 is 18.1. The summed E-state index contributed by atoms with van der Waals surface area (Å²) >= 11 is 0. The summed E-state index contributed by atoms with van der Waals surface area (Å²) in [7, 11) is 0.475. The van der Waals surface area contributed by atoms with Crippen LogP contribution in [0.1, 0.15) is 27.9 Å². The fraction of sp³-hybridized carbons (Fsp3) is 0.333. The predicted octanol–water partition coefficient (Wildman–Crippen LogP) is 3.55. The number of pyridine rings is 1. The lowest BCUT2D eigenvalue weighted by Gasteiger charge is -2.12. The van der Waals surface area contributed by atoms with Crippen LogP contribution < -0.4 is 4.74 Å². The molecule has 1 aliphatic rings. The van der Waals surface area contributed by atoms with Crippen LogP contribution in [0.25, 0.3) is 0 Å². The first kappa shape index (κ1) is 15.9. The molecule has 2 heterocycles. The lowest BCUT2D eigenvalue weighted by molar-refractivity contribution is 0.407. The molecule has 3 rings (SSSR count). The first-order valence-electron chi connectivity index (χ1n) is 7.54. The van der Waals surface area contributed by atoms with Crippen molar-refractivity contribution in [1.82, 2.24) is 4.98 Å². The van der Waals surface area contributed by atoms with Crippen molar-refractivity contribution in [3.05, 3.63) is 52.3 Å². The average Bonchev–Trinajstić information content (AvgIpc) is 2.93. The Kier molecular flexibility index (Phi) is 4.31. The number of hydrogen-bond acceptors (Lipinski definition) is 4. The van der Waals surface area contributed by atoms with Crippen molar-refractivity contribution in [3.63, 3.8) is 0 Å². The molecule has 1 atom stereocenters. The third-order valence-electron chi connectivity index (χ3n) is 4.10. The number of aromatic nitrogens is 1. The van der Waals surface area contributed by atoms with Crippen LogP contribution in [0.3, 0.4) is 0 Å². The van der Waals surface area contributed by atoms with Gasteiger partial charge >= 0.3 is 0 Å². The highest BCUT2D eigenvalue weighted by Gasteiger charge is 2.21. The molecule has 0 amide bonds. The molecule has 0 saturated heterocycles. The lowest BCUT2D eigenvalue weighted by Crippen LogP contribution is -2.12. The van der Waals surface area contributed by atoms with Gasteiger partial charge in [-0.2, -0.15) is 0 Å². The van der Waals surface area contributed by atoms with E-state index in [2.05, 4.69) is 23.0 Å². The standard InChI is InChI=1S/C18H20N2O2S/c1-11-5-6-15-14(7-11)8-17(20-15)23(21)10-16-13(3)18(22-4)12(2)9-19-16/h5-7,9H,8,10H2,1-4H3. The van der Waals surface area contributed by atoms with Crippen LogP contribution >= 0.6 is 0 Å². The van der Waals surface area contributed by atoms with Crippen molar-refractivity contribution in [2.45, 2.75) is 32.9 Å². The largest absolute Gasteiger partial charge is 0.496 e. The second-order valence-electron chi connectivity index (χ2n) is 5.85. The molecule has 0 spiro atoms. The molecule has 1 aromatic carbocycles. The van der Waals surface area contributed by atoms with Crippen LogP contribution in [0.2, 0.25) is 0 Å². The van der Waals surface area contributed by atoms with Gasteiger partial charge in [0.25, 0.3) is 0 Å². The molecule has 0 aliphatic carbocycles. The monoisotopic (exact) mass is 328 g/mol. The van der Waals surface area contributed by atoms with E-state index in [0.717, 1.165) is 38.9 Å². The Morgan fingerprint density at radius 1 is 1.26 bits per heavy atom. The zero-order chi connectivity index (χ0) is 16.6. The Bertz CT molecular complexity index is 828. The molecular formula is C18H20N2O2S. The van der Waals surface area contributed by atoms with Crippen LogP contribution in [0.15, 0.2) is 29.4 Å². The summed E-state index contributed by atoms with van der Waals surface area (Å²) in [6.45, 7) is 5.97. The van der Waals surface area contributed by atoms with Crippen LogP contribution in [0.5, 0.6) is 5.75 Å². The van der Waals surface area contributed by atoms with Gasteiger partial charge in [-0.05, 0) is 32.4 Å². The van der Waals surface area contributed by atoms with Gasteiger partial charge in [-0.1, -0.05) is 17.7 Å². The summed E-state index contributed by atoms with van der Waals surface area (Å²) in [6, 6.07) is 6.14. The van der Waals surface area contributed by atoms with Crippen LogP contribution in [0.4, 0.5) is 5.69 Å². The number of benzene rings is 1. The highest BCUT2D eigenvalue weighted by molar-refractivity contribution is 8.00. The predicted molar refractivity (Wildman–Crippen MR) is 94.1 cm³/mol. The third-order valence-corrected chi connectivity index (χ3v) is 5.40. The SMILES string of the molecule is COc1c(C)cnc(CS(=O)C2=Nc3ccc(C)cc3C2)c1C. The minimum absolute atomic E-state index is 0.369. The summed E-state index contributed by atoms with van der Waals surface area (Å²) in [4.78, 5) is 8.97. The fourth-order valence-corrected chi connectivity index (χ4v) is 4.08. The van der Waals surface area contributed by atoms with Gasteiger partial charge in [0.2, 0.25) is 0 Å². The maximum atomic E-state index is 12.7. The number of aryl methyl sites for hydroxylation is 2. The van der Waals surface area contributed by atoms with Crippen LogP contribution in [-0.4, -0.2) is 21.3 Å². The quantitative estimate of drug-likeness (QED) is 0.866. The average molecular weight is 328 g/mol. The van der Waals surface area contributed by atoms with Gasteiger partial charge in [0.15, 0.2) is 0 Å². The zero-order valence-electron chi connectivity index (χ0n) is 13.8. The molecule has 0 radical (unpaired) electrons. The Labute approximate surface area is 139 Å². The second-order valence-corrected chi connectivity index (χ2v) is 7.30. The van der Waals surface area contributed by atoms with Gasteiger partial charge in [-0.15, -0.1) is 0 Å². The molecule has 0 bridgehead atoms. The maximum absolute atomic E-state index is 12.7. The number of hydrogen-bond donors (Lipinski definition) is 0. The molecule has 0 N–H and O–H groups in total. The van der Waals surface area contributed by atoms with Gasteiger partial charge in [0, 0.05) is 23.7 Å². The molecular weight excluding hydrogens is 308 g/mol. The zero-order valence-corrected chi connectivity index (χ0v) is 14.7. The van der Waals surface area contributed by atoms with Crippen molar-refractivity contribution in [1.29, 1.82) is 0 Å². The molecule has 2 aromatic rings. The van der Waals surface area contributed by atoms with Crippen molar-refractivity contribution in [3.8, 4) is 5.75 Å². The molecule has 1 aliphatic heterocycles. The molecule has 4 nitrogen and oxygen atoms in total. The molecule has 5 heteroatoms. The fourth-order valence-electron chi connectivity index (χ4n) is 2.86. The van der Waals surface area contributed by atoms with E-state index in [0.29, 0.717) is 12.2 Å². The van der Waals surface area contributed by atoms with Gasteiger partial charge in [0.05, 0.1) is 35.0 Å². The Morgan fingerprint density at radius 2 is 2.04 bits per heavy atom. The summed E-state index contributed by atoms with van der Waals surface area (Å²) in [5.41, 5.74) is 6.03. The van der Waals surface area contributed by atoms with Crippen molar-refractivity contribution in [2.75, 3.05) is 7.11 Å². The molecule has 120 valence electrons. The normalized spacial score (nSPS) is 14.3. The van der Waals surface area contributed by atoms with Crippen molar-refractivity contribution >= 4 is 21.5 Å². The maximum Gasteiger partial charge on any atom is 0.128 e. The highest BCUT2D eigenvalue weighted by Crippen LogP contribution is 2.30. The minimum Gasteiger partial charge on any atom is -0.496 e. The van der Waals surface area contributed by atoms with E-state index in [1.807, 2.05) is 26.0 Å². The van der Waals surface area contributed by atoms with E-state index in [4.69, 9.17) is 4.74 Å². The van der Waals surface area contributed by atoms with E-state index in [-0.39, 0.29) is 0 Å². The summed E-state index contributed by atoms with van der Waals surface area (Å²) in [6.07, 6.45) is 2.43. The Morgan fingerprint density at radius 3 is 2.78 bits per heavy atom. The van der Waals surface area contributed by atoms with Crippen molar-refractivity contribution in [2.24, 2.45) is 4.99 Å². The molecule has 1 aromatic heterocycles. The lowest BCUT2D eigenvalue weighted by atomic mass is 10.1. The number of fused-ring (bicyclic) bond motifs is 1. The van der Waals surface area contributed by atoms with Gasteiger partial charge in [-0.25, -0.2) is 4.99 Å². The van der Waals surface area contributed by atoms with Crippen molar-refractivity contribution < 1.29 is 8.95 Å². The number of methoxy groups -OCH3 is 1. The highest BCUT2D eigenvalue weighted by atomic mass is 32.2. The molecule has 23 heavy (non-hydrogen) atoms.